The number of guanidine groups is 1. The molecule has 1 saturated heterocycles. The number of likely N-dealkylation sites (tertiary alicyclic amines) is 1. The Kier molecular flexibility index (Phi) is 9.46. The number of hydrogen-bond acceptors (Lipinski definition) is 5. The Balaban J connectivity index is 0.00000280. The zero-order valence-electron chi connectivity index (χ0n) is 16.2. The normalized spacial score (nSPS) is 15.4. The van der Waals surface area contributed by atoms with E-state index in [1.807, 2.05) is 38.2 Å². The van der Waals surface area contributed by atoms with Crippen molar-refractivity contribution in [3.05, 3.63) is 35.2 Å². The van der Waals surface area contributed by atoms with Gasteiger partial charge in [-0.15, -0.1) is 24.0 Å². The van der Waals surface area contributed by atoms with Gasteiger partial charge in [-0.2, -0.15) is 4.98 Å². The van der Waals surface area contributed by atoms with Crippen LogP contribution in [-0.4, -0.2) is 60.4 Å². The number of piperidine rings is 1. The van der Waals surface area contributed by atoms with Gasteiger partial charge in [0.15, 0.2) is 5.96 Å². The SMILES string of the molecule is CCOC1CCN(C(=NC)NCCc2nc(-c3ccc(Cl)cc3)no2)CC1.I. The lowest BCUT2D eigenvalue weighted by molar-refractivity contribution is 0.0264. The monoisotopic (exact) mass is 519 g/mol. The summed E-state index contributed by atoms with van der Waals surface area (Å²) in [4.78, 5) is 11.1. The maximum absolute atomic E-state index is 5.91. The van der Waals surface area contributed by atoms with Crippen molar-refractivity contribution in [2.24, 2.45) is 4.99 Å². The molecule has 9 heteroatoms. The number of nitrogens with one attached hydrogen (secondary N) is 1. The molecule has 1 N–H and O–H groups in total. The van der Waals surface area contributed by atoms with Crippen molar-refractivity contribution >= 4 is 41.5 Å². The zero-order valence-corrected chi connectivity index (χ0v) is 19.3. The number of rotatable bonds is 6. The lowest BCUT2D eigenvalue weighted by atomic mass is 10.1. The smallest absolute Gasteiger partial charge is 0.228 e. The van der Waals surface area contributed by atoms with Crippen LogP contribution in [0.4, 0.5) is 0 Å². The van der Waals surface area contributed by atoms with E-state index in [-0.39, 0.29) is 24.0 Å². The van der Waals surface area contributed by atoms with Crippen LogP contribution in [0.1, 0.15) is 25.7 Å². The van der Waals surface area contributed by atoms with E-state index in [4.69, 9.17) is 20.9 Å². The lowest BCUT2D eigenvalue weighted by Crippen LogP contribution is -2.47. The number of nitrogens with zero attached hydrogens (tertiary/aromatic N) is 4. The van der Waals surface area contributed by atoms with Gasteiger partial charge in [-0.1, -0.05) is 16.8 Å². The molecule has 1 fully saturated rings. The molecule has 1 aliphatic rings. The van der Waals surface area contributed by atoms with Crippen LogP contribution in [0.5, 0.6) is 0 Å². The Morgan fingerprint density at radius 2 is 2.04 bits per heavy atom. The van der Waals surface area contributed by atoms with Gasteiger partial charge in [0.2, 0.25) is 11.7 Å². The first-order valence-electron chi connectivity index (χ1n) is 9.35. The van der Waals surface area contributed by atoms with Gasteiger partial charge >= 0.3 is 0 Å². The minimum atomic E-state index is 0. The van der Waals surface area contributed by atoms with Crippen LogP contribution >= 0.6 is 35.6 Å². The van der Waals surface area contributed by atoms with Crippen molar-refractivity contribution in [3.8, 4) is 11.4 Å². The molecule has 3 rings (SSSR count). The number of ether oxygens (including phenoxy) is 1. The van der Waals surface area contributed by atoms with Crippen molar-refractivity contribution in [3.63, 3.8) is 0 Å². The van der Waals surface area contributed by atoms with Gasteiger partial charge in [0, 0.05) is 50.3 Å². The van der Waals surface area contributed by atoms with Crippen LogP contribution in [0.3, 0.4) is 0 Å². The summed E-state index contributed by atoms with van der Waals surface area (Å²) in [6.07, 6.45) is 3.06. The molecule has 0 radical (unpaired) electrons. The van der Waals surface area contributed by atoms with Crippen molar-refractivity contribution < 1.29 is 9.26 Å². The number of hydrogen-bond donors (Lipinski definition) is 1. The molecule has 0 atom stereocenters. The van der Waals surface area contributed by atoms with Gasteiger partial charge in [-0.3, -0.25) is 4.99 Å². The second-order valence-corrected chi connectivity index (χ2v) is 6.82. The molecule has 1 aromatic carbocycles. The molecular weight excluding hydrogens is 493 g/mol. The standard InChI is InChI=1S/C19H26ClN5O2.HI/c1-3-26-16-9-12-25(13-10-16)19(21-2)22-11-8-17-23-18(24-27-17)14-4-6-15(20)7-5-14;/h4-7,16H,3,8-13H2,1-2H3,(H,21,22);1H. The molecule has 0 aliphatic carbocycles. The largest absolute Gasteiger partial charge is 0.378 e. The summed E-state index contributed by atoms with van der Waals surface area (Å²) in [6.45, 7) is 5.40. The first-order valence-corrected chi connectivity index (χ1v) is 9.73. The van der Waals surface area contributed by atoms with E-state index in [1.165, 1.54) is 0 Å². The fraction of sp³-hybridized carbons (Fsp3) is 0.526. The highest BCUT2D eigenvalue weighted by molar-refractivity contribution is 14.0. The Labute approximate surface area is 187 Å². The Hall–Kier alpha value is -1.39. The third-order valence-electron chi connectivity index (χ3n) is 4.55. The molecule has 28 heavy (non-hydrogen) atoms. The van der Waals surface area contributed by atoms with Crippen LogP contribution in [0.2, 0.25) is 5.02 Å². The molecule has 1 aliphatic heterocycles. The van der Waals surface area contributed by atoms with Crippen LogP contribution in [-0.2, 0) is 11.2 Å². The van der Waals surface area contributed by atoms with Crippen molar-refractivity contribution in [2.45, 2.75) is 32.3 Å². The highest BCUT2D eigenvalue weighted by Gasteiger charge is 2.21. The molecular formula is C19H27ClIN5O2. The third-order valence-corrected chi connectivity index (χ3v) is 4.80. The van der Waals surface area contributed by atoms with E-state index in [1.54, 1.807) is 0 Å². The molecule has 0 unspecified atom stereocenters. The molecule has 154 valence electrons. The minimum absolute atomic E-state index is 0. The van der Waals surface area contributed by atoms with Crippen molar-refractivity contribution in [1.82, 2.24) is 20.4 Å². The van der Waals surface area contributed by atoms with E-state index in [9.17, 15) is 0 Å². The Morgan fingerprint density at radius 1 is 1.32 bits per heavy atom. The number of aromatic nitrogens is 2. The van der Waals surface area contributed by atoms with E-state index in [2.05, 4.69) is 25.3 Å². The van der Waals surface area contributed by atoms with Gasteiger partial charge in [-0.25, -0.2) is 0 Å². The quantitative estimate of drug-likeness (QED) is 0.357. The summed E-state index contributed by atoms with van der Waals surface area (Å²) >= 11 is 5.91. The first kappa shape index (κ1) is 22.9. The average Bonchev–Trinajstić information content (AvgIpc) is 3.16. The molecule has 2 aromatic rings. The lowest BCUT2D eigenvalue weighted by Gasteiger charge is -2.34. The van der Waals surface area contributed by atoms with Gasteiger partial charge < -0.3 is 19.5 Å². The average molecular weight is 520 g/mol. The van der Waals surface area contributed by atoms with Crippen molar-refractivity contribution in [1.29, 1.82) is 0 Å². The minimum Gasteiger partial charge on any atom is -0.378 e. The number of aliphatic imine (C=N–C) groups is 1. The van der Waals surface area contributed by atoms with Crippen LogP contribution in [0, 0.1) is 0 Å². The third kappa shape index (κ3) is 6.31. The maximum atomic E-state index is 5.91. The van der Waals surface area contributed by atoms with Crippen LogP contribution in [0.25, 0.3) is 11.4 Å². The molecule has 0 amide bonds. The highest BCUT2D eigenvalue weighted by atomic mass is 127. The summed E-state index contributed by atoms with van der Waals surface area (Å²) in [5, 5.41) is 8.10. The predicted octanol–water partition coefficient (Wildman–Crippen LogP) is 3.63. The van der Waals surface area contributed by atoms with Gasteiger partial charge in [0.25, 0.3) is 0 Å². The summed E-state index contributed by atoms with van der Waals surface area (Å²) in [7, 11) is 1.81. The number of benzene rings is 1. The van der Waals surface area contributed by atoms with Gasteiger partial charge in [0.05, 0.1) is 6.10 Å². The molecule has 0 saturated carbocycles. The molecule has 0 bridgehead atoms. The molecule has 7 nitrogen and oxygen atoms in total. The maximum Gasteiger partial charge on any atom is 0.228 e. The summed E-state index contributed by atoms with van der Waals surface area (Å²) in [5.74, 6) is 2.07. The van der Waals surface area contributed by atoms with Crippen LogP contribution < -0.4 is 5.32 Å². The molecule has 1 aromatic heterocycles. The fourth-order valence-corrected chi connectivity index (χ4v) is 3.28. The summed E-state index contributed by atoms with van der Waals surface area (Å²) < 4.78 is 11.1. The second kappa shape index (κ2) is 11.6. The van der Waals surface area contributed by atoms with E-state index in [0.29, 0.717) is 35.8 Å². The van der Waals surface area contributed by atoms with Gasteiger partial charge in [0.1, 0.15) is 0 Å². The van der Waals surface area contributed by atoms with Gasteiger partial charge in [-0.05, 0) is 44.0 Å². The van der Waals surface area contributed by atoms with E-state index >= 15 is 0 Å². The molecule has 0 spiro atoms. The highest BCUT2D eigenvalue weighted by Crippen LogP contribution is 2.18. The molecule has 2 heterocycles. The van der Waals surface area contributed by atoms with Crippen molar-refractivity contribution in [2.75, 3.05) is 33.3 Å². The first-order chi connectivity index (χ1) is 13.2. The summed E-state index contributed by atoms with van der Waals surface area (Å²) in [5.41, 5.74) is 0.885. The van der Waals surface area contributed by atoms with Crippen LogP contribution in [0.15, 0.2) is 33.8 Å². The van der Waals surface area contributed by atoms with E-state index in [0.717, 1.165) is 44.1 Å². The zero-order chi connectivity index (χ0) is 19.1. The number of halogens is 2. The Morgan fingerprint density at radius 3 is 2.68 bits per heavy atom. The summed E-state index contributed by atoms with van der Waals surface area (Å²) in [6, 6.07) is 7.38. The fourth-order valence-electron chi connectivity index (χ4n) is 3.16. The van der Waals surface area contributed by atoms with E-state index < -0.39 is 0 Å². The second-order valence-electron chi connectivity index (χ2n) is 6.38. The Bertz CT molecular complexity index is 745. The topological polar surface area (TPSA) is 75.8 Å². The predicted molar refractivity (Wildman–Crippen MR) is 121 cm³/mol.